The second kappa shape index (κ2) is 4.58. The first-order valence-electron chi connectivity index (χ1n) is 2.25. The van der Waals surface area contributed by atoms with Crippen LogP contribution in [0, 0.1) is 0 Å². The summed E-state index contributed by atoms with van der Waals surface area (Å²) in [5, 5.41) is 10.8. The summed E-state index contributed by atoms with van der Waals surface area (Å²) in [5.74, 6) is -0.700. The van der Waals surface area contributed by atoms with Crippen LogP contribution >= 0.6 is 24.8 Å². The second-order valence-corrected chi connectivity index (χ2v) is 1.96. The fourth-order valence-corrected chi connectivity index (χ4v) is 0.710. The molecule has 3 nitrogen and oxygen atoms in total. The van der Waals surface area contributed by atoms with Crippen molar-refractivity contribution in [2.24, 2.45) is 0 Å². The van der Waals surface area contributed by atoms with Gasteiger partial charge in [-0.15, -0.1) is 0 Å². The number of nitrogens with one attached hydrogen (secondary N) is 1. The van der Waals surface area contributed by atoms with Crippen LogP contribution < -0.4 is 5.32 Å². The topological polar surface area (TPSA) is 49.3 Å². The van der Waals surface area contributed by atoms with E-state index in [2.05, 4.69) is 30.2 Å². The molecule has 0 amide bonds. The Morgan fingerprint density at radius 3 is 2.67 bits per heavy atom. The predicted molar refractivity (Wildman–Crippen MR) is 42.1 cm³/mol. The number of aliphatic carboxylic acids is 1. The summed E-state index contributed by atoms with van der Waals surface area (Å²) in [7, 11) is 0. The second-order valence-electron chi connectivity index (χ2n) is 1.36. The summed E-state index contributed by atoms with van der Waals surface area (Å²) in [4.78, 5) is 10.1. The molecule has 2 N–H and O–H groups in total. The minimum absolute atomic E-state index is 0.239. The number of thiol groups is 1. The maximum atomic E-state index is 10.1. The highest BCUT2D eigenvalue weighted by atomic mass is 32.1. The summed E-state index contributed by atoms with van der Waals surface area (Å²) in [6.07, 6.45) is 0. The van der Waals surface area contributed by atoms with Gasteiger partial charge in [-0.25, -0.2) is 4.79 Å². The first kappa shape index (κ1) is 8.71. The molecule has 0 fully saturated rings. The Hall–Kier alpha value is -0.290. The lowest BCUT2D eigenvalue weighted by molar-refractivity contribution is -0.138. The summed E-state index contributed by atoms with van der Waals surface area (Å²) >= 11 is 8.16. The quantitative estimate of drug-likeness (QED) is 0.403. The smallest absolute Gasteiger partial charge is 0.326 e. The van der Waals surface area contributed by atoms with Crippen molar-refractivity contribution >= 4 is 36.3 Å². The van der Waals surface area contributed by atoms with Gasteiger partial charge >= 0.3 is 5.97 Å². The molecule has 0 spiro atoms. The van der Waals surface area contributed by atoms with Gasteiger partial charge in [0.15, 0.2) is 0 Å². The lowest BCUT2D eigenvalue weighted by atomic mass is 10.3. The highest BCUT2D eigenvalue weighted by Crippen LogP contribution is 1.85. The molecule has 0 aliphatic heterocycles. The van der Waals surface area contributed by atoms with Gasteiger partial charge in [0.05, 0.1) is 5.49 Å². The highest BCUT2D eigenvalue weighted by Gasteiger charge is 2.11. The Labute approximate surface area is 63.9 Å². The maximum absolute atomic E-state index is 10.1. The van der Waals surface area contributed by atoms with Crippen molar-refractivity contribution in [1.29, 1.82) is 0 Å². The zero-order valence-corrected chi connectivity index (χ0v) is 6.28. The molecule has 52 valence electrons. The van der Waals surface area contributed by atoms with Gasteiger partial charge in [-0.1, -0.05) is 12.2 Å². The fraction of sp³-hybridized carbons (Fsp3) is 0.500. The van der Waals surface area contributed by atoms with Crippen LogP contribution in [0.15, 0.2) is 0 Å². The first-order chi connectivity index (χ1) is 4.22. The zero-order chi connectivity index (χ0) is 7.28. The standard InChI is InChI=1S/C4H7NO2S2/c6-4(7)3(1-8)5-2-9/h2-3,8H,1H2,(H,5,9)(H,6,7)/t3-/m0/s1. The highest BCUT2D eigenvalue weighted by molar-refractivity contribution is 7.80. The van der Waals surface area contributed by atoms with Gasteiger partial charge in [-0.2, -0.15) is 12.6 Å². The average molecular weight is 165 g/mol. The van der Waals surface area contributed by atoms with E-state index < -0.39 is 12.0 Å². The van der Waals surface area contributed by atoms with Gasteiger partial charge < -0.3 is 10.4 Å². The van der Waals surface area contributed by atoms with E-state index in [1.807, 2.05) is 0 Å². The zero-order valence-electron chi connectivity index (χ0n) is 4.57. The number of hydrogen-bond acceptors (Lipinski definition) is 3. The van der Waals surface area contributed by atoms with Crippen molar-refractivity contribution in [2.45, 2.75) is 6.04 Å². The number of carboxylic acids is 1. The Kier molecular flexibility index (Phi) is 4.43. The Balaban J connectivity index is 3.67. The van der Waals surface area contributed by atoms with Crippen molar-refractivity contribution in [3.8, 4) is 0 Å². The summed E-state index contributed by atoms with van der Waals surface area (Å²) < 4.78 is 0. The van der Waals surface area contributed by atoms with Crippen LogP contribution in [-0.2, 0) is 4.79 Å². The van der Waals surface area contributed by atoms with E-state index in [-0.39, 0.29) is 5.75 Å². The minimum Gasteiger partial charge on any atom is -0.480 e. The third-order valence-electron chi connectivity index (χ3n) is 0.750. The molecular formula is C4H7NO2S2. The van der Waals surface area contributed by atoms with Gasteiger partial charge in [-0.05, 0) is 0 Å². The molecule has 0 aliphatic carbocycles. The molecule has 0 aromatic carbocycles. The van der Waals surface area contributed by atoms with Crippen molar-refractivity contribution in [1.82, 2.24) is 5.32 Å². The molecule has 0 saturated heterocycles. The predicted octanol–water partition coefficient (Wildman–Crippen LogP) is -0.0838. The molecule has 0 unspecified atom stereocenters. The van der Waals surface area contributed by atoms with Crippen LogP contribution in [-0.4, -0.2) is 28.4 Å². The first-order valence-corrected chi connectivity index (χ1v) is 3.36. The summed E-state index contributed by atoms with van der Waals surface area (Å²) in [6.45, 7) is 0. The van der Waals surface area contributed by atoms with Crippen LogP contribution in [0.4, 0.5) is 0 Å². The Morgan fingerprint density at radius 2 is 2.56 bits per heavy atom. The van der Waals surface area contributed by atoms with E-state index in [0.717, 1.165) is 0 Å². The third kappa shape index (κ3) is 3.31. The van der Waals surface area contributed by atoms with E-state index in [1.54, 1.807) is 0 Å². The lowest BCUT2D eigenvalue weighted by Gasteiger charge is -2.06. The van der Waals surface area contributed by atoms with E-state index in [0.29, 0.717) is 0 Å². The minimum atomic E-state index is -0.939. The Morgan fingerprint density at radius 1 is 2.00 bits per heavy atom. The molecule has 0 radical (unpaired) electrons. The van der Waals surface area contributed by atoms with Gasteiger partial charge in [-0.3, -0.25) is 0 Å². The molecule has 0 saturated carbocycles. The Bertz CT molecular complexity index is 117. The van der Waals surface area contributed by atoms with E-state index >= 15 is 0 Å². The van der Waals surface area contributed by atoms with E-state index in [4.69, 9.17) is 5.11 Å². The van der Waals surface area contributed by atoms with Crippen LogP contribution in [0.5, 0.6) is 0 Å². The average Bonchev–Trinajstić information content (AvgIpc) is 1.82. The monoisotopic (exact) mass is 165 g/mol. The van der Waals surface area contributed by atoms with Crippen LogP contribution in [0.3, 0.4) is 0 Å². The molecule has 0 aliphatic rings. The summed E-state index contributed by atoms with van der Waals surface area (Å²) in [5.41, 5.74) is 1.18. The van der Waals surface area contributed by atoms with Crippen molar-refractivity contribution < 1.29 is 9.90 Å². The molecule has 5 heteroatoms. The number of rotatable bonds is 4. The van der Waals surface area contributed by atoms with Crippen molar-refractivity contribution in [3.05, 3.63) is 0 Å². The number of carbonyl (C=O) groups is 1. The SMILES string of the molecule is O=C(O)[C@H](CS)NC=S. The number of carboxylic acid groups (broad SMARTS) is 1. The third-order valence-corrected chi connectivity index (χ3v) is 1.25. The van der Waals surface area contributed by atoms with Crippen molar-refractivity contribution in [2.75, 3.05) is 5.75 Å². The molecule has 0 heterocycles. The summed E-state index contributed by atoms with van der Waals surface area (Å²) in [6, 6.07) is -0.661. The molecular weight excluding hydrogens is 158 g/mol. The lowest BCUT2D eigenvalue weighted by Crippen LogP contribution is -2.36. The van der Waals surface area contributed by atoms with Crippen LogP contribution in [0.25, 0.3) is 0 Å². The number of thiocarbonyl (C=S) groups is 1. The van der Waals surface area contributed by atoms with E-state index in [9.17, 15) is 4.79 Å². The molecule has 1 atom stereocenters. The largest absolute Gasteiger partial charge is 0.480 e. The van der Waals surface area contributed by atoms with Crippen LogP contribution in [0.2, 0.25) is 0 Å². The fourth-order valence-electron chi connectivity index (χ4n) is 0.284. The van der Waals surface area contributed by atoms with E-state index in [1.165, 1.54) is 5.49 Å². The maximum Gasteiger partial charge on any atom is 0.326 e. The molecule has 0 aromatic heterocycles. The molecule has 0 aromatic rings. The normalized spacial score (nSPS) is 12.1. The van der Waals surface area contributed by atoms with Crippen LogP contribution in [0.1, 0.15) is 0 Å². The van der Waals surface area contributed by atoms with Gasteiger partial charge in [0.25, 0.3) is 0 Å². The van der Waals surface area contributed by atoms with Crippen molar-refractivity contribution in [3.63, 3.8) is 0 Å². The molecule has 0 rings (SSSR count). The van der Waals surface area contributed by atoms with Gasteiger partial charge in [0, 0.05) is 5.75 Å². The number of hydrogen-bond donors (Lipinski definition) is 3. The van der Waals surface area contributed by atoms with Gasteiger partial charge in [0.1, 0.15) is 6.04 Å². The molecule has 0 bridgehead atoms. The molecule has 9 heavy (non-hydrogen) atoms. The van der Waals surface area contributed by atoms with Gasteiger partial charge in [0.2, 0.25) is 0 Å².